The number of benzene rings is 1. The smallest absolute Gasteiger partial charge is 0.363 e. The molecule has 3 heteroatoms. The maximum absolute atomic E-state index is 11.5. The van der Waals surface area contributed by atoms with Crippen LogP contribution in [0.25, 0.3) is 0 Å². The summed E-state index contributed by atoms with van der Waals surface area (Å²) in [5.74, 6) is 0.298. The third-order valence-electron chi connectivity index (χ3n) is 2.13. The lowest BCUT2D eigenvalue weighted by Gasteiger charge is -1.97. The molecule has 0 N–H and O–H groups in total. The van der Waals surface area contributed by atoms with Crippen LogP contribution in [0.1, 0.15) is 19.4 Å². The molecule has 3 nitrogen and oxygen atoms in total. The monoisotopic (exact) mass is 215 g/mol. The first-order chi connectivity index (χ1) is 7.66. The molecule has 0 amide bonds. The first-order valence-electron chi connectivity index (χ1n) is 5.25. The third kappa shape index (κ3) is 2.19. The van der Waals surface area contributed by atoms with E-state index in [4.69, 9.17) is 4.74 Å². The van der Waals surface area contributed by atoms with Crippen LogP contribution in [0.15, 0.2) is 47.1 Å². The molecule has 0 radical (unpaired) electrons. The summed E-state index contributed by atoms with van der Waals surface area (Å²) in [6.45, 7) is 3.99. The van der Waals surface area contributed by atoms with Crippen molar-refractivity contribution in [3.8, 4) is 0 Å². The van der Waals surface area contributed by atoms with Crippen LogP contribution < -0.4 is 0 Å². The Hall–Kier alpha value is -1.90. The fourth-order valence-electron chi connectivity index (χ4n) is 1.44. The number of aliphatic imine (C=N–C) groups is 1. The van der Waals surface area contributed by atoms with Crippen molar-refractivity contribution < 1.29 is 9.53 Å². The van der Waals surface area contributed by atoms with Crippen molar-refractivity contribution >= 4 is 11.9 Å². The molecule has 1 heterocycles. The van der Waals surface area contributed by atoms with Gasteiger partial charge in [0.05, 0.1) is 0 Å². The van der Waals surface area contributed by atoms with Gasteiger partial charge >= 0.3 is 5.97 Å². The van der Waals surface area contributed by atoms with Crippen molar-refractivity contribution in [2.75, 3.05) is 0 Å². The number of esters is 1. The summed E-state index contributed by atoms with van der Waals surface area (Å²) in [5.41, 5.74) is 1.22. The van der Waals surface area contributed by atoms with Gasteiger partial charge in [0, 0.05) is 5.56 Å². The third-order valence-corrected chi connectivity index (χ3v) is 2.13. The second-order valence-electron chi connectivity index (χ2n) is 3.97. The zero-order valence-electron chi connectivity index (χ0n) is 9.31. The van der Waals surface area contributed by atoms with Gasteiger partial charge in [-0.25, -0.2) is 9.79 Å². The van der Waals surface area contributed by atoms with Gasteiger partial charge in [-0.2, -0.15) is 0 Å². The first-order valence-corrected chi connectivity index (χ1v) is 5.25. The molecule has 1 aliphatic rings. The number of ether oxygens (including phenoxy) is 1. The van der Waals surface area contributed by atoms with Gasteiger partial charge in [0.1, 0.15) is 5.70 Å². The van der Waals surface area contributed by atoms with Gasteiger partial charge in [-0.15, -0.1) is 0 Å². The summed E-state index contributed by atoms with van der Waals surface area (Å²) in [4.78, 5) is 15.7. The number of rotatable bonds is 2. The molecule has 0 spiro atoms. The van der Waals surface area contributed by atoms with Crippen LogP contribution in [0.5, 0.6) is 0 Å². The van der Waals surface area contributed by atoms with E-state index >= 15 is 0 Å². The molecule has 2 rings (SSSR count). The van der Waals surface area contributed by atoms with Crippen LogP contribution >= 0.6 is 0 Å². The average Bonchev–Trinajstić information content (AvgIpc) is 2.61. The number of cyclic esters (lactones) is 1. The van der Waals surface area contributed by atoms with Gasteiger partial charge in [-0.05, 0) is 24.1 Å². The highest BCUT2D eigenvalue weighted by atomic mass is 16.6. The highest BCUT2D eigenvalue weighted by molar-refractivity contribution is 6.11. The molecule has 0 atom stereocenters. The Labute approximate surface area is 94.5 Å². The van der Waals surface area contributed by atoms with E-state index in [2.05, 4.69) is 4.99 Å². The van der Waals surface area contributed by atoms with E-state index in [-0.39, 0.29) is 11.9 Å². The lowest BCUT2D eigenvalue weighted by molar-refractivity contribution is -0.130. The summed E-state index contributed by atoms with van der Waals surface area (Å²) < 4.78 is 5.10. The number of carbonyl (C=O) groups excluding carboxylic acids is 1. The van der Waals surface area contributed by atoms with E-state index in [0.29, 0.717) is 11.6 Å². The largest absolute Gasteiger partial charge is 0.402 e. The molecule has 0 saturated carbocycles. The zero-order valence-corrected chi connectivity index (χ0v) is 9.31. The van der Waals surface area contributed by atoms with Crippen LogP contribution in [0.4, 0.5) is 0 Å². The topological polar surface area (TPSA) is 38.7 Å². The number of hydrogen-bond donors (Lipinski definition) is 0. The molecule has 0 aromatic heterocycles. The van der Waals surface area contributed by atoms with Crippen LogP contribution in [-0.2, 0) is 9.53 Å². The Morgan fingerprint density at radius 3 is 2.56 bits per heavy atom. The van der Waals surface area contributed by atoms with Crippen LogP contribution in [0.2, 0.25) is 0 Å². The molecule has 82 valence electrons. The maximum atomic E-state index is 11.5. The predicted octanol–water partition coefficient (Wildman–Crippen LogP) is 2.53. The Kier molecular flexibility index (Phi) is 2.86. The van der Waals surface area contributed by atoms with Crippen molar-refractivity contribution in [2.45, 2.75) is 13.8 Å². The standard InChI is InChI=1S/C13H13NO2/c1-9(2)8-11-13(15)16-12(14-11)10-6-4-3-5-7-10/h3-9H,1-2H3. The second kappa shape index (κ2) is 4.31. The number of carbonyl (C=O) groups is 1. The molecule has 1 aromatic carbocycles. The molecular weight excluding hydrogens is 202 g/mol. The van der Waals surface area contributed by atoms with Crippen LogP contribution in [0, 0.1) is 5.92 Å². The molecule has 0 fully saturated rings. The molecule has 0 saturated heterocycles. The lowest BCUT2D eigenvalue weighted by atomic mass is 10.2. The minimum Gasteiger partial charge on any atom is -0.402 e. The number of hydrogen-bond acceptors (Lipinski definition) is 3. The number of allylic oxidation sites excluding steroid dienone is 1. The summed E-state index contributed by atoms with van der Waals surface area (Å²) in [7, 11) is 0. The maximum Gasteiger partial charge on any atom is 0.363 e. The fourth-order valence-corrected chi connectivity index (χ4v) is 1.44. The fraction of sp³-hybridized carbons (Fsp3) is 0.231. The molecule has 0 bridgehead atoms. The van der Waals surface area contributed by atoms with Crippen LogP contribution in [-0.4, -0.2) is 11.9 Å². The van der Waals surface area contributed by atoms with Gasteiger partial charge in [-0.1, -0.05) is 32.0 Å². The Balaban J connectivity index is 2.30. The van der Waals surface area contributed by atoms with Gasteiger partial charge in [-0.3, -0.25) is 0 Å². The van der Waals surface area contributed by atoms with Crippen molar-refractivity contribution in [3.63, 3.8) is 0 Å². The van der Waals surface area contributed by atoms with E-state index in [9.17, 15) is 4.79 Å². The average molecular weight is 215 g/mol. The van der Waals surface area contributed by atoms with Gasteiger partial charge < -0.3 is 4.74 Å². The Morgan fingerprint density at radius 1 is 1.25 bits per heavy atom. The normalized spacial score (nSPS) is 17.8. The summed E-state index contributed by atoms with van der Waals surface area (Å²) in [6, 6.07) is 9.41. The molecular formula is C13H13NO2. The molecule has 0 aliphatic carbocycles. The molecule has 1 aliphatic heterocycles. The van der Waals surface area contributed by atoms with Gasteiger partial charge in [0.25, 0.3) is 0 Å². The zero-order chi connectivity index (χ0) is 11.5. The first kappa shape index (κ1) is 10.6. The van der Waals surface area contributed by atoms with Gasteiger partial charge in [0.15, 0.2) is 0 Å². The highest BCUT2D eigenvalue weighted by Crippen LogP contribution is 2.17. The molecule has 0 unspecified atom stereocenters. The summed E-state index contributed by atoms with van der Waals surface area (Å²) in [5, 5.41) is 0. The van der Waals surface area contributed by atoms with Crippen molar-refractivity contribution in [3.05, 3.63) is 47.7 Å². The number of nitrogens with zero attached hydrogens (tertiary/aromatic N) is 1. The summed E-state index contributed by atoms with van der Waals surface area (Å²) in [6.07, 6.45) is 1.80. The highest BCUT2D eigenvalue weighted by Gasteiger charge is 2.23. The van der Waals surface area contributed by atoms with Crippen molar-refractivity contribution in [1.29, 1.82) is 0 Å². The molecule has 1 aromatic rings. The van der Waals surface area contributed by atoms with E-state index in [1.54, 1.807) is 6.08 Å². The van der Waals surface area contributed by atoms with E-state index in [1.807, 2.05) is 44.2 Å². The van der Waals surface area contributed by atoms with Gasteiger partial charge in [0.2, 0.25) is 5.90 Å². The minimum absolute atomic E-state index is 0.279. The Bertz CT molecular complexity index is 458. The summed E-state index contributed by atoms with van der Waals surface area (Å²) >= 11 is 0. The SMILES string of the molecule is CC(C)C=C1N=C(c2ccccc2)OC1=O. The molecule has 16 heavy (non-hydrogen) atoms. The lowest BCUT2D eigenvalue weighted by Crippen LogP contribution is -2.05. The van der Waals surface area contributed by atoms with E-state index in [0.717, 1.165) is 5.56 Å². The quantitative estimate of drug-likeness (QED) is 0.561. The predicted molar refractivity (Wildman–Crippen MR) is 62.0 cm³/mol. The van der Waals surface area contributed by atoms with Crippen LogP contribution in [0.3, 0.4) is 0 Å². The van der Waals surface area contributed by atoms with E-state index in [1.165, 1.54) is 0 Å². The Morgan fingerprint density at radius 2 is 1.94 bits per heavy atom. The second-order valence-corrected chi connectivity index (χ2v) is 3.97. The van der Waals surface area contributed by atoms with E-state index < -0.39 is 0 Å². The van der Waals surface area contributed by atoms with Crippen molar-refractivity contribution in [1.82, 2.24) is 0 Å². The van der Waals surface area contributed by atoms with Crippen molar-refractivity contribution in [2.24, 2.45) is 10.9 Å². The minimum atomic E-state index is -0.368.